The van der Waals surface area contributed by atoms with Crippen LogP contribution in [0.3, 0.4) is 0 Å². The van der Waals surface area contributed by atoms with Crippen LogP contribution in [-0.4, -0.2) is 17.6 Å². The third kappa shape index (κ3) is 3.55. The summed E-state index contributed by atoms with van der Waals surface area (Å²) in [6.45, 7) is 0.383. The van der Waals surface area contributed by atoms with Crippen LogP contribution in [0.25, 0.3) is 0 Å². The molecule has 0 amide bonds. The van der Waals surface area contributed by atoms with Gasteiger partial charge in [-0.2, -0.15) is 0 Å². The zero-order valence-electron chi connectivity index (χ0n) is 7.26. The Morgan fingerprint density at radius 3 is 2.93 bits per heavy atom. The van der Waals surface area contributed by atoms with Crippen molar-refractivity contribution in [3.63, 3.8) is 0 Å². The molecule has 1 aromatic carbocycles. The van der Waals surface area contributed by atoms with Gasteiger partial charge in [0.2, 0.25) is 0 Å². The van der Waals surface area contributed by atoms with Gasteiger partial charge >= 0.3 is 5.97 Å². The van der Waals surface area contributed by atoms with Crippen molar-refractivity contribution in [1.82, 2.24) is 0 Å². The van der Waals surface area contributed by atoms with Crippen molar-refractivity contribution in [2.45, 2.75) is 6.42 Å². The minimum atomic E-state index is -0.823. The molecule has 0 spiro atoms. The molecule has 0 saturated heterocycles. The van der Waals surface area contributed by atoms with Gasteiger partial charge in [-0.25, -0.2) is 0 Å². The molecule has 2 N–H and O–H groups in total. The number of carbonyl (C=O) groups is 1. The molecule has 0 aliphatic carbocycles. The van der Waals surface area contributed by atoms with Gasteiger partial charge in [0.15, 0.2) is 0 Å². The summed E-state index contributed by atoms with van der Waals surface area (Å²) < 4.78 is 0.868. The Hall–Kier alpha value is -0.740. The predicted octanol–water partition coefficient (Wildman–Crippen LogP) is 2.99. The van der Waals surface area contributed by atoms with E-state index in [9.17, 15) is 4.79 Å². The van der Waals surface area contributed by atoms with Crippen LogP contribution in [0, 0.1) is 0 Å². The van der Waals surface area contributed by atoms with E-state index in [0.29, 0.717) is 11.6 Å². The first kappa shape index (κ1) is 11.3. The highest BCUT2D eigenvalue weighted by atomic mass is 79.9. The summed E-state index contributed by atoms with van der Waals surface area (Å²) in [7, 11) is 0. The van der Waals surface area contributed by atoms with Crippen molar-refractivity contribution >= 4 is 39.2 Å². The van der Waals surface area contributed by atoms with Crippen LogP contribution >= 0.6 is 27.5 Å². The first-order valence-electron chi connectivity index (χ1n) is 4.00. The Morgan fingerprint density at radius 2 is 2.29 bits per heavy atom. The monoisotopic (exact) mass is 277 g/mol. The maximum atomic E-state index is 10.3. The zero-order valence-corrected chi connectivity index (χ0v) is 9.60. The number of hydrogen-bond donors (Lipinski definition) is 2. The number of benzene rings is 1. The minimum absolute atomic E-state index is 0.0823. The number of hydrogen-bond acceptors (Lipinski definition) is 2. The number of aliphatic carboxylic acids is 1. The summed E-state index contributed by atoms with van der Waals surface area (Å²) >= 11 is 9.11. The van der Waals surface area contributed by atoms with Crippen LogP contribution in [0.4, 0.5) is 5.69 Å². The Kier molecular flexibility index (Phi) is 4.22. The maximum absolute atomic E-state index is 10.3. The van der Waals surface area contributed by atoms with Crippen LogP contribution < -0.4 is 5.32 Å². The number of anilines is 1. The highest BCUT2D eigenvalue weighted by Crippen LogP contribution is 2.25. The van der Waals surface area contributed by atoms with Crippen LogP contribution in [0.1, 0.15) is 6.42 Å². The third-order valence-electron chi connectivity index (χ3n) is 1.58. The second-order valence-corrected chi connectivity index (χ2v) is 3.99. The molecule has 0 saturated carbocycles. The molecule has 0 aliphatic rings. The maximum Gasteiger partial charge on any atom is 0.305 e. The van der Waals surface area contributed by atoms with Gasteiger partial charge in [0.1, 0.15) is 0 Å². The fourth-order valence-corrected chi connectivity index (χ4v) is 1.50. The lowest BCUT2D eigenvalue weighted by Gasteiger charge is -2.07. The number of carboxylic acid groups (broad SMARTS) is 1. The lowest BCUT2D eigenvalue weighted by atomic mass is 10.3. The Labute approximate surface area is 95.2 Å². The number of carboxylic acids is 1. The molecule has 0 bridgehead atoms. The predicted molar refractivity (Wildman–Crippen MR) is 59.9 cm³/mol. The first-order valence-corrected chi connectivity index (χ1v) is 5.17. The average Bonchev–Trinajstić information content (AvgIpc) is 2.10. The van der Waals surface area contributed by atoms with E-state index in [4.69, 9.17) is 16.7 Å². The lowest BCUT2D eigenvalue weighted by Crippen LogP contribution is -2.07. The molecular weight excluding hydrogens is 269 g/mol. The van der Waals surface area contributed by atoms with Crippen molar-refractivity contribution in [2.24, 2.45) is 0 Å². The van der Waals surface area contributed by atoms with Gasteiger partial charge in [-0.1, -0.05) is 11.6 Å². The molecule has 14 heavy (non-hydrogen) atoms. The van der Waals surface area contributed by atoms with Crippen LogP contribution in [-0.2, 0) is 4.79 Å². The fourth-order valence-electron chi connectivity index (χ4n) is 0.937. The van der Waals surface area contributed by atoms with Gasteiger partial charge in [-0.3, -0.25) is 4.79 Å². The number of nitrogens with one attached hydrogen (secondary N) is 1. The fraction of sp³-hybridized carbons (Fsp3) is 0.222. The number of rotatable bonds is 4. The highest BCUT2D eigenvalue weighted by molar-refractivity contribution is 9.10. The zero-order chi connectivity index (χ0) is 10.6. The molecular formula is C9H9BrClNO2. The van der Waals surface area contributed by atoms with Gasteiger partial charge in [0.25, 0.3) is 0 Å². The quantitative estimate of drug-likeness (QED) is 0.890. The standard InChI is InChI=1S/C9H9BrClNO2/c10-7-2-1-6(11)5-8(7)12-4-3-9(13)14/h1-2,5,12H,3-4H2,(H,13,14). The molecule has 0 atom stereocenters. The van der Waals surface area contributed by atoms with Crippen molar-refractivity contribution in [2.75, 3.05) is 11.9 Å². The summed E-state index contributed by atoms with van der Waals surface area (Å²) in [5.41, 5.74) is 0.804. The molecule has 3 nitrogen and oxygen atoms in total. The number of halogens is 2. The first-order chi connectivity index (χ1) is 6.59. The average molecular weight is 279 g/mol. The van der Waals surface area contributed by atoms with E-state index in [1.807, 2.05) is 6.07 Å². The van der Waals surface area contributed by atoms with E-state index in [1.54, 1.807) is 12.1 Å². The molecule has 0 fully saturated rings. The minimum Gasteiger partial charge on any atom is -0.481 e. The van der Waals surface area contributed by atoms with E-state index in [2.05, 4.69) is 21.2 Å². The van der Waals surface area contributed by atoms with Crippen molar-refractivity contribution in [3.8, 4) is 0 Å². The topological polar surface area (TPSA) is 49.3 Å². The van der Waals surface area contributed by atoms with Gasteiger partial charge in [-0.15, -0.1) is 0 Å². The summed E-state index contributed by atoms with van der Waals surface area (Å²) in [5, 5.41) is 12.0. The van der Waals surface area contributed by atoms with Crippen LogP contribution in [0.15, 0.2) is 22.7 Å². The molecule has 1 rings (SSSR count). The molecule has 5 heteroatoms. The normalized spacial score (nSPS) is 9.86. The highest BCUT2D eigenvalue weighted by Gasteiger charge is 2.01. The largest absolute Gasteiger partial charge is 0.481 e. The molecule has 1 aromatic rings. The van der Waals surface area contributed by atoms with E-state index in [0.717, 1.165) is 10.2 Å². The Bertz CT molecular complexity index is 344. The van der Waals surface area contributed by atoms with Gasteiger partial charge in [0.05, 0.1) is 6.42 Å². The van der Waals surface area contributed by atoms with Gasteiger partial charge < -0.3 is 10.4 Å². The molecule has 0 unspecified atom stereocenters. The van der Waals surface area contributed by atoms with E-state index < -0.39 is 5.97 Å². The second kappa shape index (κ2) is 5.22. The molecule has 0 radical (unpaired) electrons. The summed E-state index contributed by atoms with van der Waals surface area (Å²) in [5.74, 6) is -0.823. The molecule has 0 aromatic heterocycles. The van der Waals surface area contributed by atoms with E-state index >= 15 is 0 Å². The summed E-state index contributed by atoms with van der Waals surface area (Å²) in [6, 6.07) is 5.31. The summed E-state index contributed by atoms with van der Waals surface area (Å²) in [4.78, 5) is 10.3. The van der Waals surface area contributed by atoms with Crippen molar-refractivity contribution in [1.29, 1.82) is 0 Å². The Morgan fingerprint density at radius 1 is 1.57 bits per heavy atom. The second-order valence-electron chi connectivity index (χ2n) is 2.69. The van der Waals surface area contributed by atoms with Crippen molar-refractivity contribution < 1.29 is 9.90 Å². The van der Waals surface area contributed by atoms with E-state index in [-0.39, 0.29) is 6.42 Å². The Balaban J connectivity index is 2.57. The van der Waals surface area contributed by atoms with Crippen molar-refractivity contribution in [3.05, 3.63) is 27.7 Å². The smallest absolute Gasteiger partial charge is 0.305 e. The summed E-state index contributed by atoms with van der Waals surface area (Å²) in [6.07, 6.45) is 0.0823. The lowest BCUT2D eigenvalue weighted by molar-refractivity contribution is -0.136. The van der Waals surface area contributed by atoms with E-state index in [1.165, 1.54) is 0 Å². The molecule has 0 heterocycles. The van der Waals surface area contributed by atoms with Crippen LogP contribution in [0.2, 0.25) is 5.02 Å². The SMILES string of the molecule is O=C(O)CCNc1cc(Cl)ccc1Br. The molecule has 76 valence electrons. The van der Waals surface area contributed by atoms with Crippen LogP contribution in [0.5, 0.6) is 0 Å². The van der Waals surface area contributed by atoms with Gasteiger partial charge in [0, 0.05) is 21.7 Å². The molecule has 0 aliphatic heterocycles. The third-order valence-corrected chi connectivity index (χ3v) is 2.51. The van der Waals surface area contributed by atoms with Gasteiger partial charge in [-0.05, 0) is 34.1 Å².